The third kappa shape index (κ3) is 2.49. The highest BCUT2D eigenvalue weighted by atomic mass is 16.4. The number of carbonyl (C=O) groups is 1. The average molecular weight is 193 g/mol. The Morgan fingerprint density at radius 3 is 2.43 bits per heavy atom. The Morgan fingerprint density at radius 2 is 2.00 bits per heavy atom. The molecule has 75 valence electrons. The first-order valence-corrected chi connectivity index (χ1v) is 4.35. The molecule has 0 aliphatic heterocycles. The summed E-state index contributed by atoms with van der Waals surface area (Å²) in [6.45, 7) is 3.98. The lowest BCUT2D eigenvalue weighted by molar-refractivity contribution is 0.0694. The molecule has 0 aliphatic rings. The van der Waals surface area contributed by atoms with Crippen molar-refractivity contribution < 1.29 is 15.0 Å². The van der Waals surface area contributed by atoms with Crippen molar-refractivity contribution in [1.29, 1.82) is 0 Å². The topological polar surface area (TPSA) is 57.5 Å². The van der Waals surface area contributed by atoms with Crippen molar-refractivity contribution in [3.05, 3.63) is 35.2 Å². The quantitative estimate of drug-likeness (QED) is 0.774. The summed E-state index contributed by atoms with van der Waals surface area (Å²) in [5.41, 5.74) is 0.870. The van der Waals surface area contributed by atoms with Gasteiger partial charge in [-0.15, -0.1) is 0 Å². The van der Waals surface area contributed by atoms with Crippen LogP contribution in [-0.2, 0) is 6.42 Å². The van der Waals surface area contributed by atoms with Crippen LogP contribution >= 0.6 is 0 Å². The van der Waals surface area contributed by atoms with Crippen LogP contribution in [0.4, 0.5) is 0 Å². The first kappa shape index (κ1) is 10.6. The van der Waals surface area contributed by atoms with Gasteiger partial charge in [0, 0.05) is 0 Å². The molecule has 0 bridgehead atoms. The number of rotatable bonds is 3. The standard InChI is InChI=1S/C11H13O3/c1-7(2)5-8-3-4-9(11(13)14)10(12)6-8/h3-4,6,12H,5H2,1-2H3,(H,13,14). The Balaban J connectivity index is 2.94. The zero-order valence-electron chi connectivity index (χ0n) is 8.24. The van der Waals surface area contributed by atoms with Crippen LogP contribution in [0.5, 0.6) is 5.75 Å². The van der Waals surface area contributed by atoms with Crippen LogP contribution in [-0.4, -0.2) is 16.2 Å². The van der Waals surface area contributed by atoms with Gasteiger partial charge in [0.2, 0.25) is 0 Å². The molecule has 1 aromatic rings. The summed E-state index contributed by atoms with van der Waals surface area (Å²) in [4.78, 5) is 10.6. The van der Waals surface area contributed by atoms with Gasteiger partial charge in [-0.05, 0) is 30.0 Å². The number of carboxylic acid groups (broad SMARTS) is 1. The summed E-state index contributed by atoms with van der Waals surface area (Å²) in [5, 5.41) is 18.1. The molecule has 0 unspecified atom stereocenters. The normalized spacial score (nSPS) is 10.5. The maximum absolute atomic E-state index is 10.6. The van der Waals surface area contributed by atoms with Gasteiger partial charge < -0.3 is 10.2 Å². The molecule has 0 saturated carbocycles. The van der Waals surface area contributed by atoms with Gasteiger partial charge in [0.15, 0.2) is 0 Å². The predicted molar refractivity (Wildman–Crippen MR) is 53.4 cm³/mol. The SMILES string of the molecule is C[C](C)Cc1ccc(C(=O)O)c(O)c1. The molecule has 0 atom stereocenters. The van der Waals surface area contributed by atoms with Gasteiger partial charge >= 0.3 is 5.97 Å². The molecule has 14 heavy (non-hydrogen) atoms. The van der Waals surface area contributed by atoms with Crippen LogP contribution in [0.1, 0.15) is 29.8 Å². The van der Waals surface area contributed by atoms with Gasteiger partial charge in [-0.3, -0.25) is 0 Å². The van der Waals surface area contributed by atoms with Crippen molar-refractivity contribution in [1.82, 2.24) is 0 Å². The fraction of sp³-hybridized carbons (Fsp3) is 0.273. The molecule has 0 aromatic heterocycles. The van der Waals surface area contributed by atoms with Crippen molar-refractivity contribution in [2.45, 2.75) is 20.3 Å². The molecule has 3 heteroatoms. The van der Waals surface area contributed by atoms with Crippen LogP contribution < -0.4 is 0 Å². The van der Waals surface area contributed by atoms with Gasteiger partial charge in [-0.1, -0.05) is 19.9 Å². The van der Waals surface area contributed by atoms with E-state index in [-0.39, 0.29) is 11.3 Å². The number of hydrogen-bond acceptors (Lipinski definition) is 2. The highest BCUT2D eigenvalue weighted by Crippen LogP contribution is 2.20. The summed E-state index contributed by atoms with van der Waals surface area (Å²) in [6.07, 6.45) is 0.757. The van der Waals surface area contributed by atoms with Crippen LogP contribution in [0.2, 0.25) is 0 Å². The predicted octanol–water partition coefficient (Wildman–Crippen LogP) is 2.25. The smallest absolute Gasteiger partial charge is 0.339 e. The molecule has 0 aliphatic carbocycles. The minimum absolute atomic E-state index is 0.0532. The lowest BCUT2D eigenvalue weighted by Crippen LogP contribution is -1.98. The Kier molecular flexibility index (Phi) is 3.12. The van der Waals surface area contributed by atoms with E-state index in [1.807, 2.05) is 13.8 Å². The molecule has 1 rings (SSSR count). The second kappa shape index (κ2) is 4.13. The highest BCUT2D eigenvalue weighted by molar-refractivity contribution is 5.90. The summed E-state index contributed by atoms with van der Waals surface area (Å²) < 4.78 is 0. The minimum Gasteiger partial charge on any atom is -0.507 e. The number of hydrogen-bond donors (Lipinski definition) is 2. The molecule has 0 heterocycles. The molecule has 3 nitrogen and oxygen atoms in total. The Bertz CT molecular complexity index is 342. The first-order chi connectivity index (χ1) is 6.50. The first-order valence-electron chi connectivity index (χ1n) is 4.35. The van der Waals surface area contributed by atoms with E-state index in [1.165, 1.54) is 18.1 Å². The molecule has 0 saturated heterocycles. The van der Waals surface area contributed by atoms with Crippen molar-refractivity contribution in [2.24, 2.45) is 0 Å². The molecule has 2 N–H and O–H groups in total. The van der Waals surface area contributed by atoms with Crippen molar-refractivity contribution >= 4 is 5.97 Å². The number of benzene rings is 1. The summed E-state index contributed by atoms with van der Waals surface area (Å²) >= 11 is 0. The molecule has 0 amide bonds. The number of aromatic carboxylic acids is 1. The highest BCUT2D eigenvalue weighted by Gasteiger charge is 2.09. The zero-order chi connectivity index (χ0) is 10.7. The van der Waals surface area contributed by atoms with Gasteiger partial charge in [-0.25, -0.2) is 4.79 Å². The van der Waals surface area contributed by atoms with E-state index >= 15 is 0 Å². The summed E-state index contributed by atoms with van der Waals surface area (Å²) in [7, 11) is 0. The molecule has 0 fully saturated rings. The van der Waals surface area contributed by atoms with E-state index in [2.05, 4.69) is 0 Å². The maximum Gasteiger partial charge on any atom is 0.339 e. The van der Waals surface area contributed by atoms with E-state index < -0.39 is 5.97 Å². The van der Waals surface area contributed by atoms with Crippen LogP contribution in [0.3, 0.4) is 0 Å². The Labute approximate surface area is 83.0 Å². The molecule has 1 radical (unpaired) electrons. The lowest BCUT2D eigenvalue weighted by Gasteiger charge is -2.06. The molecular weight excluding hydrogens is 180 g/mol. The van der Waals surface area contributed by atoms with Crippen molar-refractivity contribution in [2.75, 3.05) is 0 Å². The Hall–Kier alpha value is -1.51. The zero-order valence-corrected chi connectivity index (χ0v) is 8.24. The second-order valence-electron chi connectivity index (χ2n) is 3.54. The van der Waals surface area contributed by atoms with Gasteiger partial charge in [0.1, 0.15) is 11.3 Å². The van der Waals surface area contributed by atoms with Crippen molar-refractivity contribution in [3.63, 3.8) is 0 Å². The third-order valence-corrected chi connectivity index (χ3v) is 1.85. The Morgan fingerprint density at radius 1 is 1.36 bits per heavy atom. The minimum atomic E-state index is -1.11. The molecular formula is C11H13O3. The maximum atomic E-state index is 10.6. The van der Waals surface area contributed by atoms with E-state index in [4.69, 9.17) is 5.11 Å². The van der Waals surface area contributed by atoms with E-state index in [9.17, 15) is 9.90 Å². The van der Waals surface area contributed by atoms with E-state index in [0.29, 0.717) is 0 Å². The number of carboxylic acids is 1. The van der Waals surface area contributed by atoms with Gasteiger partial charge in [-0.2, -0.15) is 0 Å². The second-order valence-corrected chi connectivity index (χ2v) is 3.54. The fourth-order valence-corrected chi connectivity index (χ4v) is 1.28. The van der Waals surface area contributed by atoms with E-state index in [1.54, 1.807) is 6.07 Å². The number of phenols is 1. The van der Waals surface area contributed by atoms with Gasteiger partial charge in [0.25, 0.3) is 0 Å². The molecule has 0 spiro atoms. The largest absolute Gasteiger partial charge is 0.507 e. The number of aromatic hydroxyl groups is 1. The van der Waals surface area contributed by atoms with Crippen LogP contribution in [0.25, 0.3) is 0 Å². The van der Waals surface area contributed by atoms with Crippen LogP contribution in [0.15, 0.2) is 18.2 Å². The van der Waals surface area contributed by atoms with Gasteiger partial charge in [0.05, 0.1) is 0 Å². The van der Waals surface area contributed by atoms with E-state index in [0.717, 1.165) is 12.0 Å². The summed E-state index contributed by atoms with van der Waals surface area (Å²) in [5.74, 6) is -0.0602. The summed E-state index contributed by atoms with van der Waals surface area (Å²) in [6, 6.07) is 4.64. The monoisotopic (exact) mass is 193 g/mol. The van der Waals surface area contributed by atoms with Crippen LogP contribution in [0, 0.1) is 5.92 Å². The molecule has 1 aromatic carbocycles. The lowest BCUT2D eigenvalue weighted by atomic mass is 10.0. The fourth-order valence-electron chi connectivity index (χ4n) is 1.28. The third-order valence-electron chi connectivity index (χ3n) is 1.85. The van der Waals surface area contributed by atoms with Crippen molar-refractivity contribution in [3.8, 4) is 5.75 Å². The average Bonchev–Trinajstić information content (AvgIpc) is 2.01.